The van der Waals surface area contributed by atoms with Gasteiger partial charge in [0.1, 0.15) is 5.75 Å². The average molecular weight is 546 g/mol. The number of para-hydroxylation sites is 1. The van der Waals surface area contributed by atoms with Crippen LogP contribution in [-0.2, 0) is 16.0 Å². The number of H-pyrrole nitrogens is 1. The number of esters is 1. The van der Waals surface area contributed by atoms with E-state index in [4.69, 9.17) is 9.47 Å². The van der Waals surface area contributed by atoms with E-state index >= 15 is 0 Å². The fourth-order valence-electron chi connectivity index (χ4n) is 5.94. The van der Waals surface area contributed by atoms with Gasteiger partial charge in [0.05, 0.1) is 29.6 Å². The zero-order valence-corrected chi connectivity index (χ0v) is 20.2. The van der Waals surface area contributed by atoms with Crippen LogP contribution in [0.1, 0.15) is 35.8 Å². The number of halogens is 2. The Bertz CT molecular complexity index is 1210. The molecule has 0 unspecified atom stereocenters. The Labute approximate surface area is 197 Å². The smallest absolute Gasteiger partial charge is 0.311 e. The summed E-state index contributed by atoms with van der Waals surface area (Å²) in [5.41, 5.74) is 4.76. The molecule has 0 amide bonds. The number of aromatic amines is 1. The van der Waals surface area contributed by atoms with E-state index in [9.17, 15) is 4.79 Å². The normalized spacial score (nSPS) is 26.5. The first-order valence-corrected chi connectivity index (χ1v) is 12.3. The maximum absolute atomic E-state index is 13.3. The highest BCUT2D eigenvalue weighted by atomic mass is 79.9. The SMILES string of the molecule is CCOC(=O)[C@@H]1[C@H]2COc3c(Br)cc(Br)cc3[C@H]2N2CCc3c([nH]c4ccccc34)[C@H]12. The van der Waals surface area contributed by atoms with Crippen molar-refractivity contribution in [1.29, 1.82) is 0 Å². The van der Waals surface area contributed by atoms with Gasteiger partial charge >= 0.3 is 5.97 Å². The molecule has 3 aliphatic heterocycles. The molecule has 0 radical (unpaired) electrons. The molecule has 1 fully saturated rings. The first-order valence-electron chi connectivity index (χ1n) is 10.7. The number of hydrogen-bond acceptors (Lipinski definition) is 4. The van der Waals surface area contributed by atoms with Crippen LogP contribution < -0.4 is 4.74 Å². The fraction of sp³-hybridized carbons (Fsp3) is 0.375. The van der Waals surface area contributed by atoms with Gasteiger partial charge in [-0.3, -0.25) is 9.69 Å². The van der Waals surface area contributed by atoms with Crippen LogP contribution in [0.4, 0.5) is 0 Å². The van der Waals surface area contributed by atoms with Crippen LogP contribution in [-0.4, -0.2) is 35.6 Å². The van der Waals surface area contributed by atoms with Crippen LogP contribution in [0.2, 0.25) is 0 Å². The van der Waals surface area contributed by atoms with Gasteiger partial charge < -0.3 is 14.5 Å². The van der Waals surface area contributed by atoms with Crippen molar-refractivity contribution in [2.24, 2.45) is 11.8 Å². The van der Waals surface area contributed by atoms with Gasteiger partial charge in [0.2, 0.25) is 0 Å². The van der Waals surface area contributed by atoms with E-state index < -0.39 is 0 Å². The van der Waals surface area contributed by atoms with Crippen molar-refractivity contribution >= 4 is 48.7 Å². The molecule has 1 saturated heterocycles. The van der Waals surface area contributed by atoms with Crippen molar-refractivity contribution in [1.82, 2.24) is 9.88 Å². The summed E-state index contributed by atoms with van der Waals surface area (Å²) in [6.07, 6.45) is 0.958. The first-order chi connectivity index (χ1) is 15.1. The predicted octanol–water partition coefficient (Wildman–Crippen LogP) is 5.53. The Kier molecular flexibility index (Phi) is 4.70. The summed E-state index contributed by atoms with van der Waals surface area (Å²) in [4.78, 5) is 19.5. The number of carbonyl (C=O) groups excluding carboxylic acids is 1. The molecule has 0 aliphatic carbocycles. The van der Waals surface area contributed by atoms with Gasteiger partial charge in [-0.05, 0) is 53.0 Å². The van der Waals surface area contributed by atoms with E-state index in [1.54, 1.807) is 0 Å². The number of ether oxygens (including phenoxy) is 2. The Morgan fingerprint density at radius 1 is 1.26 bits per heavy atom. The van der Waals surface area contributed by atoms with Crippen LogP contribution in [0, 0.1) is 11.8 Å². The monoisotopic (exact) mass is 544 g/mol. The molecule has 4 atom stereocenters. The number of hydrogen-bond donors (Lipinski definition) is 1. The molecule has 0 spiro atoms. The number of benzene rings is 2. The highest BCUT2D eigenvalue weighted by molar-refractivity contribution is 9.11. The summed E-state index contributed by atoms with van der Waals surface area (Å²) >= 11 is 7.31. The fourth-order valence-corrected chi connectivity index (χ4v) is 7.31. The lowest BCUT2D eigenvalue weighted by Crippen LogP contribution is -2.36. The molecule has 3 aliphatic rings. The van der Waals surface area contributed by atoms with Crippen LogP contribution in [0.5, 0.6) is 5.75 Å². The largest absolute Gasteiger partial charge is 0.492 e. The summed E-state index contributed by atoms with van der Waals surface area (Å²) in [6.45, 7) is 3.66. The minimum absolute atomic E-state index is 0.0371. The van der Waals surface area contributed by atoms with Gasteiger partial charge in [-0.1, -0.05) is 34.1 Å². The van der Waals surface area contributed by atoms with Gasteiger partial charge in [-0.25, -0.2) is 0 Å². The van der Waals surface area contributed by atoms with E-state index in [0.717, 1.165) is 44.4 Å². The molecule has 2 aromatic carbocycles. The molecule has 0 saturated carbocycles. The highest BCUT2D eigenvalue weighted by Gasteiger charge is 2.58. The Morgan fingerprint density at radius 3 is 2.94 bits per heavy atom. The predicted molar refractivity (Wildman–Crippen MR) is 125 cm³/mol. The molecule has 160 valence electrons. The van der Waals surface area contributed by atoms with Crippen molar-refractivity contribution in [2.45, 2.75) is 25.4 Å². The molecule has 1 aromatic heterocycles. The van der Waals surface area contributed by atoms with Crippen LogP contribution >= 0.6 is 31.9 Å². The van der Waals surface area contributed by atoms with Crippen LogP contribution in [0.25, 0.3) is 10.9 Å². The highest BCUT2D eigenvalue weighted by Crippen LogP contribution is 2.58. The minimum Gasteiger partial charge on any atom is -0.492 e. The van der Waals surface area contributed by atoms with Gasteiger partial charge in [0, 0.05) is 45.1 Å². The van der Waals surface area contributed by atoms with Crippen molar-refractivity contribution in [3.05, 3.63) is 62.2 Å². The molecule has 7 heteroatoms. The van der Waals surface area contributed by atoms with E-state index in [1.807, 2.05) is 13.0 Å². The summed E-state index contributed by atoms with van der Waals surface area (Å²) in [5, 5.41) is 1.26. The number of fused-ring (bicyclic) bond motifs is 9. The van der Waals surface area contributed by atoms with Crippen molar-refractivity contribution < 1.29 is 14.3 Å². The van der Waals surface area contributed by atoms with E-state index in [2.05, 4.69) is 72.1 Å². The molecule has 6 rings (SSSR count). The second kappa shape index (κ2) is 7.36. The van der Waals surface area contributed by atoms with Crippen molar-refractivity contribution in [3.63, 3.8) is 0 Å². The second-order valence-electron chi connectivity index (χ2n) is 8.50. The third-order valence-electron chi connectivity index (χ3n) is 7.02. The van der Waals surface area contributed by atoms with Crippen molar-refractivity contribution in [2.75, 3.05) is 19.8 Å². The molecular formula is C24H22Br2N2O3. The van der Waals surface area contributed by atoms with E-state index in [-0.39, 0.29) is 29.9 Å². The lowest BCUT2D eigenvalue weighted by molar-refractivity contribution is -0.151. The number of carbonyl (C=O) groups is 1. The zero-order chi connectivity index (χ0) is 21.3. The van der Waals surface area contributed by atoms with Crippen LogP contribution in [0.15, 0.2) is 45.3 Å². The van der Waals surface area contributed by atoms with Gasteiger partial charge in [0.25, 0.3) is 0 Å². The Morgan fingerprint density at radius 2 is 2.10 bits per heavy atom. The summed E-state index contributed by atoms with van der Waals surface area (Å²) in [7, 11) is 0. The number of nitrogens with zero attached hydrogens (tertiary/aromatic N) is 1. The molecule has 31 heavy (non-hydrogen) atoms. The molecule has 4 heterocycles. The molecule has 5 nitrogen and oxygen atoms in total. The van der Waals surface area contributed by atoms with Gasteiger partial charge in [-0.15, -0.1) is 0 Å². The van der Waals surface area contributed by atoms with E-state index in [0.29, 0.717) is 13.2 Å². The summed E-state index contributed by atoms with van der Waals surface area (Å²) in [5.74, 6) is 0.519. The molecule has 0 bridgehead atoms. The van der Waals surface area contributed by atoms with Gasteiger partial charge in [-0.2, -0.15) is 0 Å². The Balaban J connectivity index is 1.54. The standard InChI is InChI=1S/C24H22Br2N2O3/c1-2-30-24(29)19-16-11-31-23-15(9-12(25)10-17(23)26)21(16)28-8-7-14-13-5-3-4-6-18(13)27-20(14)22(19)28/h3-6,9-10,16,19,21-22,27H,2,7-8,11H2,1H3/t16-,19-,21-,22+/m1/s1. The summed E-state index contributed by atoms with van der Waals surface area (Å²) in [6, 6.07) is 12.6. The van der Waals surface area contributed by atoms with Crippen LogP contribution in [0.3, 0.4) is 0 Å². The molecule has 1 N–H and O–H groups in total. The third kappa shape index (κ3) is 2.86. The maximum Gasteiger partial charge on any atom is 0.311 e. The lowest BCUT2D eigenvalue weighted by Gasteiger charge is -2.37. The number of rotatable bonds is 2. The maximum atomic E-state index is 13.3. The first kappa shape index (κ1) is 19.8. The quantitative estimate of drug-likeness (QED) is 0.430. The van der Waals surface area contributed by atoms with E-state index in [1.165, 1.54) is 10.9 Å². The second-order valence-corrected chi connectivity index (χ2v) is 10.3. The number of nitrogens with one attached hydrogen (secondary N) is 1. The Hall–Kier alpha value is -1.83. The molecule has 3 aromatic rings. The van der Waals surface area contributed by atoms with Gasteiger partial charge in [0.15, 0.2) is 0 Å². The minimum atomic E-state index is -0.275. The van der Waals surface area contributed by atoms with Crippen molar-refractivity contribution in [3.8, 4) is 5.75 Å². The molecular weight excluding hydrogens is 524 g/mol. The topological polar surface area (TPSA) is 54.6 Å². The summed E-state index contributed by atoms with van der Waals surface area (Å²) < 4.78 is 13.8. The zero-order valence-electron chi connectivity index (χ0n) is 17.0. The lowest BCUT2D eigenvalue weighted by atomic mass is 9.82. The number of aromatic nitrogens is 1. The third-order valence-corrected chi connectivity index (χ3v) is 8.07. The average Bonchev–Trinajstić information content (AvgIpc) is 3.29.